The average molecular weight is 416 g/mol. The standard InChI is InChI=1S/C3H6O2.3C2HF3O2/c1-2-3(4)5;3*3-2(4,5)1(6)7/h2H2,1H3,(H,4,5);3*(H,6,7). The van der Waals surface area contributed by atoms with Crippen LogP contribution in [-0.4, -0.2) is 62.8 Å². The van der Waals surface area contributed by atoms with Crippen molar-refractivity contribution >= 4 is 23.9 Å². The Hall–Kier alpha value is -2.75. The number of carboxylic acids is 4. The van der Waals surface area contributed by atoms with Gasteiger partial charge in [-0.15, -0.1) is 0 Å². The Labute approximate surface area is 136 Å². The molecule has 0 bridgehead atoms. The summed E-state index contributed by atoms with van der Waals surface area (Å²) in [6.45, 7) is 1.60. The van der Waals surface area contributed by atoms with E-state index in [0.29, 0.717) is 0 Å². The maximum atomic E-state index is 10.6. The van der Waals surface area contributed by atoms with Gasteiger partial charge >= 0.3 is 42.4 Å². The maximum absolute atomic E-state index is 10.6. The first-order valence-corrected chi connectivity index (χ1v) is 5.22. The molecule has 0 aromatic heterocycles. The van der Waals surface area contributed by atoms with Crippen LogP contribution in [-0.2, 0) is 19.2 Å². The lowest BCUT2D eigenvalue weighted by Crippen LogP contribution is -2.21. The first kappa shape index (κ1) is 31.1. The largest absolute Gasteiger partial charge is 0.490 e. The van der Waals surface area contributed by atoms with Crippen LogP contribution >= 0.6 is 0 Å². The van der Waals surface area contributed by atoms with E-state index >= 15 is 0 Å². The molecule has 4 N–H and O–H groups in total. The number of rotatable bonds is 1. The normalized spacial score (nSPS) is 10.5. The van der Waals surface area contributed by atoms with Crippen LogP contribution in [0.25, 0.3) is 0 Å². The van der Waals surface area contributed by atoms with Gasteiger partial charge in [-0.1, -0.05) is 6.92 Å². The smallest absolute Gasteiger partial charge is 0.481 e. The monoisotopic (exact) mass is 416 g/mol. The van der Waals surface area contributed by atoms with Crippen molar-refractivity contribution in [2.24, 2.45) is 0 Å². The molecule has 0 spiro atoms. The number of hydrogen-bond acceptors (Lipinski definition) is 4. The first-order chi connectivity index (χ1) is 11.1. The summed E-state index contributed by atoms with van der Waals surface area (Å²) in [5.74, 6) is -9.02. The van der Waals surface area contributed by atoms with Gasteiger partial charge in [0.1, 0.15) is 0 Å². The molecule has 0 rings (SSSR count). The Balaban J connectivity index is -0.000000125. The number of halogens is 9. The molecule has 0 aliphatic heterocycles. The zero-order chi connectivity index (χ0) is 22.5. The van der Waals surface area contributed by atoms with Crippen molar-refractivity contribution in [2.75, 3.05) is 0 Å². The molecule has 0 aliphatic rings. The van der Waals surface area contributed by atoms with E-state index in [9.17, 15) is 44.3 Å². The van der Waals surface area contributed by atoms with E-state index in [4.69, 9.17) is 34.8 Å². The zero-order valence-electron chi connectivity index (χ0n) is 12.0. The van der Waals surface area contributed by atoms with Crippen LogP contribution in [0.1, 0.15) is 13.3 Å². The minimum atomic E-state index is -5.08. The van der Waals surface area contributed by atoms with E-state index < -0.39 is 42.4 Å². The Morgan fingerprint density at radius 3 is 0.654 bits per heavy atom. The van der Waals surface area contributed by atoms with E-state index in [1.54, 1.807) is 6.92 Å². The third-order valence-corrected chi connectivity index (χ3v) is 1.03. The molecule has 0 unspecified atom stereocenters. The highest BCUT2D eigenvalue weighted by Crippen LogP contribution is 2.14. The summed E-state index contributed by atoms with van der Waals surface area (Å²) in [7, 11) is 0. The van der Waals surface area contributed by atoms with Crippen molar-refractivity contribution in [3.8, 4) is 0 Å². The molecule has 26 heavy (non-hydrogen) atoms. The molecular weight excluding hydrogens is 407 g/mol. The summed E-state index contributed by atoms with van der Waals surface area (Å²) in [6, 6.07) is 0. The summed E-state index contributed by atoms with van der Waals surface area (Å²) in [6.07, 6.45) is -15.0. The lowest BCUT2D eigenvalue weighted by atomic mass is 10.5. The Kier molecular flexibility index (Phi) is 15.0. The molecule has 0 atom stereocenters. The molecule has 0 saturated heterocycles. The van der Waals surface area contributed by atoms with Gasteiger partial charge in [0, 0.05) is 6.42 Å². The lowest BCUT2D eigenvalue weighted by molar-refractivity contribution is -0.193. The molecule has 0 aromatic rings. The van der Waals surface area contributed by atoms with Crippen LogP contribution in [0.4, 0.5) is 39.5 Å². The number of aliphatic carboxylic acids is 4. The molecule has 0 heterocycles. The van der Waals surface area contributed by atoms with Crippen molar-refractivity contribution < 1.29 is 79.1 Å². The van der Waals surface area contributed by atoms with Gasteiger partial charge in [-0.3, -0.25) is 4.79 Å². The Morgan fingerprint density at radius 1 is 0.577 bits per heavy atom. The molecule has 17 heteroatoms. The van der Waals surface area contributed by atoms with Gasteiger partial charge in [0.2, 0.25) is 0 Å². The topological polar surface area (TPSA) is 149 Å². The van der Waals surface area contributed by atoms with Gasteiger partial charge in [-0.25, -0.2) is 14.4 Å². The van der Waals surface area contributed by atoms with Crippen LogP contribution in [0.5, 0.6) is 0 Å². The van der Waals surface area contributed by atoms with Gasteiger partial charge in [-0.05, 0) is 0 Å². The van der Waals surface area contributed by atoms with Gasteiger partial charge in [0.15, 0.2) is 0 Å². The Bertz CT molecular complexity index is 406. The fraction of sp³-hybridized carbons (Fsp3) is 0.556. The molecule has 0 amide bonds. The average Bonchev–Trinajstić information content (AvgIpc) is 2.37. The molecule has 156 valence electrons. The minimum absolute atomic E-state index is 0.222. The predicted molar refractivity (Wildman–Crippen MR) is 59.0 cm³/mol. The van der Waals surface area contributed by atoms with Crippen molar-refractivity contribution in [1.82, 2.24) is 0 Å². The zero-order valence-corrected chi connectivity index (χ0v) is 12.0. The summed E-state index contributed by atoms with van der Waals surface area (Å²) >= 11 is 0. The number of carbonyl (C=O) groups is 4. The van der Waals surface area contributed by atoms with E-state index in [0.717, 1.165) is 0 Å². The third kappa shape index (κ3) is 29.3. The maximum Gasteiger partial charge on any atom is 0.490 e. The van der Waals surface area contributed by atoms with Gasteiger partial charge in [-0.2, -0.15) is 39.5 Å². The molecule has 0 saturated carbocycles. The number of hydrogen-bond donors (Lipinski definition) is 4. The minimum Gasteiger partial charge on any atom is -0.481 e. The highest BCUT2D eigenvalue weighted by atomic mass is 19.4. The van der Waals surface area contributed by atoms with Crippen LogP contribution in [0.2, 0.25) is 0 Å². The van der Waals surface area contributed by atoms with Crippen LogP contribution < -0.4 is 0 Å². The predicted octanol–water partition coefficient (Wildman–Crippen LogP) is 2.38. The van der Waals surface area contributed by atoms with E-state index in [-0.39, 0.29) is 6.42 Å². The summed E-state index contributed by atoms with van der Waals surface area (Å²) in [5, 5.41) is 29.1. The van der Waals surface area contributed by atoms with E-state index in [1.165, 1.54) is 0 Å². The number of carboxylic acid groups (broad SMARTS) is 4. The second-order valence-corrected chi connectivity index (χ2v) is 3.16. The van der Waals surface area contributed by atoms with Crippen molar-refractivity contribution in [1.29, 1.82) is 0 Å². The van der Waals surface area contributed by atoms with Crippen molar-refractivity contribution in [3.05, 3.63) is 0 Å². The number of alkyl halides is 9. The SMILES string of the molecule is CCC(=O)O.O=C(O)C(F)(F)F.O=C(O)C(F)(F)F.O=C(O)C(F)(F)F. The lowest BCUT2D eigenvalue weighted by Gasteiger charge is -1.93. The summed E-state index contributed by atoms with van der Waals surface area (Å²) < 4.78 is 95.2. The highest BCUT2D eigenvalue weighted by Gasteiger charge is 2.39. The molecule has 0 fully saturated rings. The van der Waals surface area contributed by atoms with Crippen LogP contribution in [0.15, 0.2) is 0 Å². The second-order valence-electron chi connectivity index (χ2n) is 3.16. The molecule has 0 aliphatic carbocycles. The summed E-state index contributed by atoms with van der Waals surface area (Å²) in [4.78, 5) is 36.1. The molecule has 0 aromatic carbocycles. The van der Waals surface area contributed by atoms with E-state index in [2.05, 4.69) is 0 Å². The molecule has 0 radical (unpaired) electrons. The van der Waals surface area contributed by atoms with Gasteiger partial charge in [0.05, 0.1) is 0 Å². The molecular formula is C9H9F9O8. The molecule has 8 nitrogen and oxygen atoms in total. The quantitative estimate of drug-likeness (QED) is 0.476. The van der Waals surface area contributed by atoms with Crippen molar-refractivity contribution in [3.63, 3.8) is 0 Å². The van der Waals surface area contributed by atoms with Gasteiger partial charge in [0.25, 0.3) is 0 Å². The fourth-order valence-corrected chi connectivity index (χ4v) is 0. The van der Waals surface area contributed by atoms with Gasteiger partial charge < -0.3 is 20.4 Å². The summed E-state index contributed by atoms with van der Waals surface area (Å²) in [5.41, 5.74) is 0. The Morgan fingerprint density at radius 2 is 0.654 bits per heavy atom. The second kappa shape index (κ2) is 12.6. The van der Waals surface area contributed by atoms with Crippen LogP contribution in [0.3, 0.4) is 0 Å². The first-order valence-electron chi connectivity index (χ1n) is 5.22. The van der Waals surface area contributed by atoms with E-state index in [1.807, 2.05) is 0 Å². The van der Waals surface area contributed by atoms with Crippen molar-refractivity contribution in [2.45, 2.75) is 31.9 Å². The third-order valence-electron chi connectivity index (χ3n) is 1.03. The fourth-order valence-electron chi connectivity index (χ4n) is 0. The van der Waals surface area contributed by atoms with Crippen LogP contribution in [0, 0.1) is 0 Å². The highest BCUT2D eigenvalue weighted by molar-refractivity contribution is 5.73.